The number of hydrogen-bond donors (Lipinski definition) is 1. The van der Waals surface area contributed by atoms with E-state index in [1.54, 1.807) is 0 Å². The lowest BCUT2D eigenvalue weighted by atomic mass is 10.0. The summed E-state index contributed by atoms with van der Waals surface area (Å²) in [6.45, 7) is 10.1. The molecule has 2 N–H and O–H groups in total. The Bertz CT molecular complexity index is 548. The van der Waals surface area contributed by atoms with Gasteiger partial charge < -0.3 is 30.9 Å². The molecule has 0 aliphatic rings. The largest absolute Gasteiger partial charge is 1.00 e. The molecule has 0 heterocycles. The second-order valence-corrected chi connectivity index (χ2v) is 14.7. The minimum absolute atomic E-state index is 0. The smallest absolute Gasteiger partial charge is 0.139 e. The minimum atomic E-state index is 0. The third kappa shape index (κ3) is 34.0. The van der Waals surface area contributed by atoms with Gasteiger partial charge in [0.2, 0.25) is 0 Å². The first-order valence-electron chi connectivity index (χ1n) is 20.2. The molecule has 0 rings (SSSR count). The van der Waals surface area contributed by atoms with Gasteiger partial charge in [0.15, 0.2) is 0 Å². The first-order valence-corrected chi connectivity index (χ1v) is 20.2. The highest BCUT2D eigenvalue weighted by Gasteiger charge is 2.28. The van der Waals surface area contributed by atoms with Gasteiger partial charge in [0, 0.05) is 19.6 Å². The maximum absolute atomic E-state index is 6.45. The normalized spacial score (nSPS) is 13.2. The van der Waals surface area contributed by atoms with Gasteiger partial charge in [-0.05, 0) is 12.8 Å². The lowest BCUT2D eigenvalue weighted by Crippen LogP contribution is -3.00. The van der Waals surface area contributed by atoms with Crippen molar-refractivity contribution in [3.63, 3.8) is 0 Å². The molecule has 0 aliphatic carbocycles. The molecule has 0 radical (unpaired) electrons. The summed E-state index contributed by atoms with van der Waals surface area (Å²) in [5.74, 6) is 0. The van der Waals surface area contributed by atoms with E-state index in [0.717, 1.165) is 30.7 Å². The molecule has 0 aromatic carbocycles. The van der Waals surface area contributed by atoms with E-state index in [0.29, 0.717) is 6.61 Å². The number of likely N-dealkylation sites (N-methyl/N-ethyl adjacent to an activating group) is 1. The number of nitrogens with two attached hydrogens (primary N) is 1. The highest BCUT2D eigenvalue weighted by molar-refractivity contribution is 4.60. The van der Waals surface area contributed by atoms with Crippen LogP contribution >= 0.6 is 0 Å². The van der Waals surface area contributed by atoms with Crippen LogP contribution in [-0.2, 0) is 9.47 Å². The summed E-state index contributed by atoms with van der Waals surface area (Å²) >= 11 is 0. The van der Waals surface area contributed by atoms with Gasteiger partial charge in [-0.1, -0.05) is 188 Å². The summed E-state index contributed by atoms with van der Waals surface area (Å²) in [7, 11) is 4.48. The molecule has 2 atom stereocenters. The third-order valence-corrected chi connectivity index (χ3v) is 9.79. The first kappa shape index (κ1) is 47.4. The number of quaternary nitrogens is 1. The average molecular weight is 706 g/mol. The average Bonchev–Trinajstić information content (AvgIpc) is 3.01. The molecule has 0 fully saturated rings. The standard InChI is InChI=1S/C40H85N2O2.BrH/c1-6-9-11-13-15-17-19-21-23-25-27-29-31-33-35-43-38-39(37-42(4,5)40(41)8-3)44-36-34-32-30-28-26-24-22-20-18-16-14-12-10-7-2;/h39-40H,6-38,41H2,1-5H3;1H/q+1;/p-1. The van der Waals surface area contributed by atoms with Crippen LogP contribution in [0.4, 0.5) is 0 Å². The Morgan fingerprint density at radius 1 is 0.467 bits per heavy atom. The van der Waals surface area contributed by atoms with Crippen molar-refractivity contribution < 1.29 is 30.9 Å². The van der Waals surface area contributed by atoms with E-state index in [2.05, 4.69) is 34.9 Å². The lowest BCUT2D eigenvalue weighted by Gasteiger charge is -2.37. The molecule has 0 saturated heterocycles. The highest BCUT2D eigenvalue weighted by atomic mass is 79.9. The van der Waals surface area contributed by atoms with Crippen molar-refractivity contribution >= 4 is 0 Å². The Labute approximate surface area is 295 Å². The van der Waals surface area contributed by atoms with E-state index >= 15 is 0 Å². The summed E-state index contributed by atoms with van der Waals surface area (Å²) in [4.78, 5) is 0. The topological polar surface area (TPSA) is 44.5 Å². The number of rotatable bonds is 37. The van der Waals surface area contributed by atoms with E-state index in [-0.39, 0.29) is 29.3 Å². The summed E-state index contributed by atoms with van der Waals surface area (Å²) < 4.78 is 13.4. The van der Waals surface area contributed by atoms with E-state index < -0.39 is 0 Å². The summed E-state index contributed by atoms with van der Waals surface area (Å²) in [5.41, 5.74) is 6.45. The SMILES string of the molecule is CCCCCCCCCCCCCCCCOCC(C[N+](C)(C)C(N)CC)OCCCCCCCCCCCCCCCC.[Br-]. The van der Waals surface area contributed by atoms with Gasteiger partial charge in [-0.3, -0.25) is 5.73 Å². The second kappa shape index (κ2) is 37.1. The molecular weight excluding hydrogens is 620 g/mol. The number of unbranched alkanes of at least 4 members (excludes halogenated alkanes) is 26. The van der Waals surface area contributed by atoms with Crippen LogP contribution in [0.25, 0.3) is 0 Å². The van der Waals surface area contributed by atoms with E-state index in [1.165, 1.54) is 180 Å². The zero-order valence-corrected chi connectivity index (χ0v) is 33.3. The van der Waals surface area contributed by atoms with Crippen LogP contribution in [0, 0.1) is 0 Å². The highest BCUT2D eigenvalue weighted by Crippen LogP contribution is 2.15. The fourth-order valence-electron chi connectivity index (χ4n) is 6.47. The van der Waals surface area contributed by atoms with Crippen molar-refractivity contribution in [1.82, 2.24) is 0 Å². The maximum Gasteiger partial charge on any atom is 0.139 e. The van der Waals surface area contributed by atoms with Crippen LogP contribution < -0.4 is 22.7 Å². The fraction of sp³-hybridized carbons (Fsp3) is 1.00. The van der Waals surface area contributed by atoms with Gasteiger partial charge in [-0.2, -0.15) is 0 Å². The molecular formula is C40H85BrN2O2. The quantitative estimate of drug-likeness (QED) is 0.0399. The van der Waals surface area contributed by atoms with Crippen LogP contribution in [0.1, 0.15) is 207 Å². The zero-order valence-electron chi connectivity index (χ0n) is 31.7. The van der Waals surface area contributed by atoms with Crippen LogP contribution in [0.5, 0.6) is 0 Å². The number of halogens is 1. The number of hydrogen-bond acceptors (Lipinski definition) is 3. The lowest BCUT2D eigenvalue weighted by molar-refractivity contribution is -0.918. The van der Waals surface area contributed by atoms with E-state index in [1.807, 2.05) is 0 Å². The minimum Gasteiger partial charge on any atom is -1.00 e. The molecule has 0 amide bonds. The van der Waals surface area contributed by atoms with Crippen molar-refractivity contribution in [2.24, 2.45) is 5.73 Å². The molecule has 5 heteroatoms. The van der Waals surface area contributed by atoms with Crippen molar-refractivity contribution in [3.8, 4) is 0 Å². The molecule has 274 valence electrons. The molecule has 0 aromatic rings. The molecule has 0 saturated carbocycles. The second-order valence-electron chi connectivity index (χ2n) is 14.7. The molecule has 0 aromatic heterocycles. The van der Waals surface area contributed by atoms with Crippen LogP contribution in [0.2, 0.25) is 0 Å². The summed E-state index contributed by atoms with van der Waals surface area (Å²) in [6.07, 6.45) is 40.2. The number of ether oxygens (including phenoxy) is 2. The van der Waals surface area contributed by atoms with Crippen molar-refractivity contribution in [2.45, 2.75) is 219 Å². The van der Waals surface area contributed by atoms with Gasteiger partial charge in [0.05, 0.1) is 20.7 Å². The van der Waals surface area contributed by atoms with Crippen molar-refractivity contribution in [1.29, 1.82) is 0 Å². The van der Waals surface area contributed by atoms with Crippen molar-refractivity contribution in [2.75, 3.05) is 40.5 Å². The van der Waals surface area contributed by atoms with E-state index in [9.17, 15) is 0 Å². The molecule has 0 aliphatic heterocycles. The Morgan fingerprint density at radius 3 is 1.11 bits per heavy atom. The molecule has 4 nitrogen and oxygen atoms in total. The first-order chi connectivity index (χ1) is 21.5. The van der Waals surface area contributed by atoms with Gasteiger partial charge in [-0.15, -0.1) is 0 Å². The maximum atomic E-state index is 6.45. The molecule has 45 heavy (non-hydrogen) atoms. The molecule has 0 spiro atoms. The van der Waals surface area contributed by atoms with Crippen LogP contribution in [0.3, 0.4) is 0 Å². The Balaban J connectivity index is 0. The Hall–Kier alpha value is 0.320. The van der Waals surface area contributed by atoms with E-state index in [4.69, 9.17) is 15.2 Å². The van der Waals surface area contributed by atoms with Gasteiger partial charge in [-0.25, -0.2) is 0 Å². The predicted octanol–water partition coefficient (Wildman–Crippen LogP) is 9.13. The Kier molecular flexibility index (Phi) is 39.2. The van der Waals surface area contributed by atoms with Gasteiger partial charge in [0.25, 0.3) is 0 Å². The predicted molar refractivity (Wildman–Crippen MR) is 196 cm³/mol. The van der Waals surface area contributed by atoms with Crippen LogP contribution in [0.15, 0.2) is 0 Å². The zero-order chi connectivity index (χ0) is 32.4. The van der Waals surface area contributed by atoms with Gasteiger partial charge in [0.1, 0.15) is 18.8 Å². The van der Waals surface area contributed by atoms with Crippen molar-refractivity contribution in [3.05, 3.63) is 0 Å². The van der Waals surface area contributed by atoms with Crippen LogP contribution in [-0.4, -0.2) is 57.2 Å². The van der Waals surface area contributed by atoms with Gasteiger partial charge >= 0.3 is 0 Å². The summed E-state index contributed by atoms with van der Waals surface area (Å²) in [5, 5.41) is 0. The monoisotopic (exact) mass is 705 g/mol. The fourth-order valence-corrected chi connectivity index (χ4v) is 6.47. The third-order valence-electron chi connectivity index (χ3n) is 9.79. The Morgan fingerprint density at radius 2 is 0.778 bits per heavy atom. The summed E-state index contributed by atoms with van der Waals surface area (Å²) in [6, 6.07) is 0. The molecule has 2 unspecified atom stereocenters. The molecule has 0 bridgehead atoms. The number of nitrogens with zero attached hydrogens (tertiary/aromatic N) is 1.